The normalized spacial score (nSPS) is 9.89. The van der Waals surface area contributed by atoms with Gasteiger partial charge in [-0.15, -0.1) is 0 Å². The van der Waals surface area contributed by atoms with Gasteiger partial charge in [0.15, 0.2) is 0 Å². The summed E-state index contributed by atoms with van der Waals surface area (Å²) in [6, 6.07) is 14.1. The van der Waals surface area contributed by atoms with Crippen LogP contribution in [0, 0.1) is 0 Å². The van der Waals surface area contributed by atoms with Crippen molar-refractivity contribution in [2.45, 2.75) is 6.42 Å². The van der Waals surface area contributed by atoms with E-state index in [4.69, 9.17) is 9.47 Å². The smallest absolute Gasteiger partial charge is 0.273 e. The molecule has 2 rings (SSSR count). The van der Waals surface area contributed by atoms with E-state index in [9.17, 15) is 9.59 Å². The van der Waals surface area contributed by atoms with Crippen molar-refractivity contribution in [1.82, 2.24) is 10.9 Å². The van der Waals surface area contributed by atoms with E-state index in [1.54, 1.807) is 25.2 Å². The van der Waals surface area contributed by atoms with Crippen LogP contribution >= 0.6 is 0 Å². The van der Waals surface area contributed by atoms with Crippen molar-refractivity contribution in [1.29, 1.82) is 0 Å². The van der Waals surface area contributed by atoms with Gasteiger partial charge >= 0.3 is 0 Å². The molecule has 0 bridgehead atoms. The molecule has 7 heteroatoms. The lowest BCUT2D eigenvalue weighted by molar-refractivity contribution is -0.117. The number of anilines is 1. The van der Waals surface area contributed by atoms with E-state index in [-0.39, 0.29) is 12.3 Å². The van der Waals surface area contributed by atoms with Crippen LogP contribution in [0.4, 0.5) is 5.69 Å². The van der Waals surface area contributed by atoms with Gasteiger partial charge in [0.1, 0.15) is 11.5 Å². The Hall–Kier alpha value is -3.48. The summed E-state index contributed by atoms with van der Waals surface area (Å²) in [4.78, 5) is 26.2. The Morgan fingerprint density at radius 2 is 1.74 bits per heavy atom. The fourth-order valence-corrected chi connectivity index (χ4v) is 2.34. The second kappa shape index (κ2) is 9.28. The largest absolute Gasteiger partial charge is 0.497 e. The molecule has 0 saturated carbocycles. The van der Waals surface area contributed by atoms with Crippen molar-refractivity contribution in [2.75, 3.05) is 26.2 Å². The summed E-state index contributed by atoms with van der Waals surface area (Å²) in [5, 5.41) is 0. The Morgan fingerprint density at radius 1 is 1.04 bits per heavy atom. The molecular formula is C20H23N3O4. The van der Waals surface area contributed by atoms with Crippen molar-refractivity contribution in [3.63, 3.8) is 0 Å². The van der Waals surface area contributed by atoms with Crippen LogP contribution in [-0.4, -0.2) is 33.1 Å². The number of benzene rings is 2. The first-order chi connectivity index (χ1) is 13.0. The molecule has 2 amide bonds. The zero-order chi connectivity index (χ0) is 19.8. The summed E-state index contributed by atoms with van der Waals surface area (Å²) in [6.45, 7) is 3.78. The summed E-state index contributed by atoms with van der Waals surface area (Å²) in [5.41, 5.74) is 6.65. The van der Waals surface area contributed by atoms with Gasteiger partial charge in [0.2, 0.25) is 5.91 Å². The van der Waals surface area contributed by atoms with E-state index < -0.39 is 5.91 Å². The average Bonchev–Trinajstić information content (AvgIpc) is 2.71. The fourth-order valence-electron chi connectivity index (χ4n) is 2.34. The van der Waals surface area contributed by atoms with Gasteiger partial charge in [0, 0.05) is 24.5 Å². The minimum atomic E-state index is -0.417. The Kier molecular flexibility index (Phi) is 6.82. The SMILES string of the molecule is C=C(CC(=O)N(C)c1ccccc1)NNC(=O)c1ccc(OC)cc1OC. The van der Waals surface area contributed by atoms with Gasteiger partial charge in [-0.3, -0.25) is 15.0 Å². The molecule has 2 N–H and O–H groups in total. The van der Waals surface area contributed by atoms with E-state index in [0.29, 0.717) is 22.8 Å². The zero-order valence-electron chi connectivity index (χ0n) is 15.6. The number of methoxy groups -OCH3 is 2. The summed E-state index contributed by atoms with van der Waals surface area (Å²) in [7, 11) is 4.69. The number of rotatable bonds is 8. The third-order valence-electron chi connectivity index (χ3n) is 3.89. The van der Waals surface area contributed by atoms with E-state index in [2.05, 4.69) is 17.4 Å². The predicted octanol–water partition coefficient (Wildman–Crippen LogP) is 2.51. The van der Waals surface area contributed by atoms with Crippen LogP contribution < -0.4 is 25.2 Å². The molecule has 0 unspecified atom stereocenters. The first-order valence-corrected chi connectivity index (χ1v) is 8.24. The number of carbonyl (C=O) groups is 2. The highest BCUT2D eigenvalue weighted by atomic mass is 16.5. The Morgan fingerprint density at radius 3 is 2.37 bits per heavy atom. The van der Waals surface area contributed by atoms with Crippen LogP contribution in [0.2, 0.25) is 0 Å². The molecular weight excluding hydrogens is 346 g/mol. The van der Waals surface area contributed by atoms with Gasteiger partial charge in [-0.2, -0.15) is 0 Å². The molecule has 2 aromatic carbocycles. The maximum atomic E-state index is 12.3. The van der Waals surface area contributed by atoms with Crippen LogP contribution in [0.3, 0.4) is 0 Å². The third kappa shape index (κ3) is 5.24. The number of nitrogens with one attached hydrogen (secondary N) is 2. The molecule has 0 fully saturated rings. The van der Waals surface area contributed by atoms with Gasteiger partial charge in [0.05, 0.1) is 26.2 Å². The monoisotopic (exact) mass is 369 g/mol. The topological polar surface area (TPSA) is 79.9 Å². The molecule has 2 aromatic rings. The molecule has 27 heavy (non-hydrogen) atoms. The second-order valence-electron chi connectivity index (χ2n) is 5.71. The first-order valence-electron chi connectivity index (χ1n) is 8.24. The van der Waals surface area contributed by atoms with Crippen molar-refractivity contribution in [3.8, 4) is 11.5 Å². The van der Waals surface area contributed by atoms with Gasteiger partial charge in [-0.25, -0.2) is 0 Å². The van der Waals surface area contributed by atoms with Gasteiger partial charge in [0.25, 0.3) is 5.91 Å². The van der Waals surface area contributed by atoms with E-state index in [1.807, 2.05) is 30.3 Å². The molecule has 0 spiro atoms. The van der Waals surface area contributed by atoms with Gasteiger partial charge in [-0.1, -0.05) is 24.8 Å². The maximum Gasteiger partial charge on any atom is 0.273 e. The van der Waals surface area contributed by atoms with Gasteiger partial charge in [-0.05, 0) is 24.3 Å². The minimum Gasteiger partial charge on any atom is -0.497 e. The second-order valence-corrected chi connectivity index (χ2v) is 5.71. The zero-order valence-corrected chi connectivity index (χ0v) is 15.6. The first kappa shape index (κ1) is 19.8. The molecule has 0 heterocycles. The standard InChI is InChI=1S/C20H23N3O4/c1-14(12-19(24)23(2)15-8-6-5-7-9-15)21-22-20(25)17-11-10-16(26-3)13-18(17)27-4/h5-11,13,21H,1,12H2,2-4H3,(H,22,25). The summed E-state index contributed by atoms with van der Waals surface area (Å²) < 4.78 is 10.3. The lowest BCUT2D eigenvalue weighted by atomic mass is 10.2. The lowest BCUT2D eigenvalue weighted by Gasteiger charge is -2.19. The molecule has 0 aliphatic rings. The van der Waals surface area contributed by atoms with Crippen LogP contribution in [-0.2, 0) is 4.79 Å². The molecule has 0 aliphatic carbocycles. The van der Waals surface area contributed by atoms with Crippen molar-refractivity contribution in [2.24, 2.45) is 0 Å². The maximum absolute atomic E-state index is 12.3. The number of hydrogen-bond donors (Lipinski definition) is 2. The van der Waals surface area contributed by atoms with E-state index in [1.165, 1.54) is 19.1 Å². The van der Waals surface area contributed by atoms with Crippen molar-refractivity contribution in [3.05, 3.63) is 66.4 Å². The molecule has 142 valence electrons. The highest BCUT2D eigenvalue weighted by Gasteiger charge is 2.15. The average molecular weight is 369 g/mol. The Bertz CT molecular complexity index is 821. The highest BCUT2D eigenvalue weighted by molar-refractivity contribution is 5.97. The molecule has 0 radical (unpaired) electrons. The number of hydrogen-bond acceptors (Lipinski definition) is 5. The quantitative estimate of drug-likeness (QED) is 0.699. The minimum absolute atomic E-state index is 0.0332. The number of amides is 2. The molecule has 0 atom stereocenters. The van der Waals surface area contributed by atoms with Gasteiger partial charge < -0.3 is 19.8 Å². The van der Waals surface area contributed by atoms with Crippen LogP contribution in [0.25, 0.3) is 0 Å². The predicted molar refractivity (Wildman–Crippen MR) is 104 cm³/mol. The number of nitrogens with zero attached hydrogens (tertiary/aromatic N) is 1. The van der Waals surface area contributed by atoms with Crippen molar-refractivity contribution >= 4 is 17.5 Å². The van der Waals surface area contributed by atoms with Crippen molar-refractivity contribution < 1.29 is 19.1 Å². The van der Waals surface area contributed by atoms with Crippen LogP contribution in [0.5, 0.6) is 11.5 Å². The Labute approximate surface area is 158 Å². The molecule has 0 aliphatic heterocycles. The summed E-state index contributed by atoms with van der Waals surface area (Å²) >= 11 is 0. The summed E-state index contributed by atoms with van der Waals surface area (Å²) in [6.07, 6.45) is 0.0332. The number of carbonyl (C=O) groups excluding carboxylic acids is 2. The number of para-hydroxylation sites is 1. The molecule has 0 saturated heterocycles. The fraction of sp³-hybridized carbons (Fsp3) is 0.200. The lowest BCUT2D eigenvalue weighted by Crippen LogP contribution is -2.38. The summed E-state index contributed by atoms with van der Waals surface area (Å²) in [5.74, 6) is 0.379. The Balaban J connectivity index is 1.91. The molecule has 7 nitrogen and oxygen atoms in total. The van der Waals surface area contributed by atoms with E-state index >= 15 is 0 Å². The number of hydrazine groups is 1. The van der Waals surface area contributed by atoms with E-state index in [0.717, 1.165) is 5.69 Å². The third-order valence-corrected chi connectivity index (χ3v) is 3.89. The van der Waals surface area contributed by atoms with Crippen LogP contribution in [0.1, 0.15) is 16.8 Å². The van der Waals surface area contributed by atoms with Crippen LogP contribution in [0.15, 0.2) is 60.8 Å². The molecule has 0 aromatic heterocycles. The highest BCUT2D eigenvalue weighted by Crippen LogP contribution is 2.24. The number of ether oxygens (including phenoxy) is 2.